The Balaban J connectivity index is 1.72. The molecule has 0 aliphatic carbocycles. The second-order valence-electron chi connectivity index (χ2n) is 6.11. The average molecular weight is 329 g/mol. The lowest BCUT2D eigenvalue weighted by Gasteiger charge is -2.30. The van der Waals surface area contributed by atoms with E-state index in [-0.39, 0.29) is 0 Å². The molecule has 3 aromatic rings. The Bertz CT molecular complexity index is 807. The molecule has 2 atom stereocenters. The Kier molecular flexibility index (Phi) is 4.18. The highest BCUT2D eigenvalue weighted by Crippen LogP contribution is 2.40. The number of aliphatic hydroxyl groups is 1. The molecule has 0 fully saturated rings. The summed E-state index contributed by atoms with van der Waals surface area (Å²) in [5.41, 5.74) is 1.99. The molecule has 0 aromatic heterocycles. The number of hydrogen-bond acceptors (Lipinski definition) is 3. The van der Waals surface area contributed by atoms with Gasteiger partial charge >= 0.3 is 0 Å². The van der Waals surface area contributed by atoms with Crippen LogP contribution < -0.4 is 0 Å². The summed E-state index contributed by atoms with van der Waals surface area (Å²) in [6.07, 6.45) is 0.351. The topological polar surface area (TPSA) is 41.8 Å². The van der Waals surface area contributed by atoms with Crippen LogP contribution in [0.15, 0.2) is 96.0 Å². The van der Waals surface area contributed by atoms with Gasteiger partial charge in [0, 0.05) is 6.21 Å². The number of rotatable bonds is 4. The van der Waals surface area contributed by atoms with Crippen LogP contribution in [0.4, 0.5) is 0 Å². The normalized spacial score (nSPS) is 19.6. The highest BCUT2D eigenvalue weighted by atomic mass is 16.5. The largest absolute Gasteiger partial charge is 0.384 e. The number of hydrogen-bond donors (Lipinski definition) is 1. The van der Waals surface area contributed by atoms with E-state index in [0.717, 1.165) is 16.7 Å². The van der Waals surface area contributed by atoms with Gasteiger partial charge in [-0.15, -0.1) is 0 Å². The van der Waals surface area contributed by atoms with Crippen molar-refractivity contribution in [1.82, 2.24) is 0 Å². The lowest BCUT2D eigenvalue weighted by atomic mass is 9.87. The van der Waals surface area contributed by atoms with E-state index in [1.807, 2.05) is 97.2 Å². The fourth-order valence-electron chi connectivity index (χ4n) is 3.21. The van der Waals surface area contributed by atoms with E-state index in [4.69, 9.17) is 4.74 Å². The van der Waals surface area contributed by atoms with Crippen LogP contribution in [0.25, 0.3) is 0 Å². The van der Waals surface area contributed by atoms with Crippen LogP contribution in [0.2, 0.25) is 0 Å². The molecule has 25 heavy (non-hydrogen) atoms. The van der Waals surface area contributed by atoms with E-state index in [0.29, 0.717) is 0 Å². The van der Waals surface area contributed by atoms with Crippen molar-refractivity contribution in [1.29, 1.82) is 0 Å². The van der Waals surface area contributed by atoms with Crippen molar-refractivity contribution in [2.75, 3.05) is 0 Å². The van der Waals surface area contributed by atoms with Gasteiger partial charge in [0.15, 0.2) is 11.8 Å². The average Bonchev–Trinajstić information content (AvgIpc) is 3.16. The lowest BCUT2D eigenvalue weighted by molar-refractivity contribution is -0.0684. The molecular weight excluding hydrogens is 310 g/mol. The van der Waals surface area contributed by atoms with Crippen molar-refractivity contribution >= 4 is 6.21 Å². The predicted octanol–water partition coefficient (Wildman–Crippen LogP) is 4.09. The third kappa shape index (κ3) is 2.88. The third-order valence-electron chi connectivity index (χ3n) is 4.53. The van der Waals surface area contributed by atoms with Crippen LogP contribution in [0.3, 0.4) is 0 Å². The first-order chi connectivity index (χ1) is 12.3. The molecule has 2 unspecified atom stereocenters. The smallest absolute Gasteiger partial charge is 0.180 e. The van der Waals surface area contributed by atoms with Crippen LogP contribution in [0.1, 0.15) is 22.8 Å². The molecule has 1 aliphatic rings. The van der Waals surface area contributed by atoms with Crippen LogP contribution in [-0.2, 0) is 10.3 Å². The number of aliphatic hydroxyl groups excluding tert-OH is 1. The van der Waals surface area contributed by atoms with Gasteiger partial charge in [0.1, 0.15) is 6.10 Å². The van der Waals surface area contributed by atoms with Crippen LogP contribution in [0, 0.1) is 0 Å². The summed E-state index contributed by atoms with van der Waals surface area (Å²) in [6, 6.07) is 29.5. The SMILES string of the molecule is OC(c1ccccc1)C1N=CC(c2ccccc2)(c2ccccc2)O1. The summed E-state index contributed by atoms with van der Waals surface area (Å²) < 4.78 is 6.37. The first-order valence-corrected chi connectivity index (χ1v) is 8.36. The Morgan fingerprint density at radius 2 is 1.24 bits per heavy atom. The van der Waals surface area contributed by atoms with E-state index < -0.39 is 17.9 Å². The van der Waals surface area contributed by atoms with E-state index in [1.165, 1.54) is 0 Å². The minimum absolute atomic E-state index is 0.650. The van der Waals surface area contributed by atoms with Crippen LogP contribution in [-0.4, -0.2) is 17.5 Å². The predicted molar refractivity (Wildman–Crippen MR) is 98.4 cm³/mol. The second-order valence-corrected chi connectivity index (χ2v) is 6.11. The van der Waals surface area contributed by atoms with Gasteiger partial charge in [-0.1, -0.05) is 91.0 Å². The number of aliphatic imine (C=N–C) groups is 1. The molecule has 0 radical (unpaired) electrons. The van der Waals surface area contributed by atoms with Gasteiger partial charge in [-0.25, -0.2) is 0 Å². The summed E-state index contributed by atoms with van der Waals surface area (Å²) >= 11 is 0. The van der Waals surface area contributed by atoms with Crippen molar-refractivity contribution in [2.45, 2.75) is 17.9 Å². The molecule has 4 rings (SSSR count). The quantitative estimate of drug-likeness (QED) is 0.783. The van der Waals surface area contributed by atoms with Crippen molar-refractivity contribution in [3.8, 4) is 0 Å². The van der Waals surface area contributed by atoms with E-state index in [1.54, 1.807) is 0 Å². The third-order valence-corrected chi connectivity index (χ3v) is 4.53. The molecule has 1 heterocycles. The zero-order chi connectivity index (χ0) is 17.1. The molecule has 0 saturated heterocycles. The number of ether oxygens (including phenoxy) is 1. The minimum atomic E-state index is -0.813. The van der Waals surface area contributed by atoms with Crippen LogP contribution >= 0.6 is 0 Å². The highest BCUT2D eigenvalue weighted by molar-refractivity contribution is 5.78. The summed E-state index contributed by atoms with van der Waals surface area (Å²) in [5, 5.41) is 10.7. The first kappa shape index (κ1) is 15.8. The van der Waals surface area contributed by atoms with Crippen molar-refractivity contribution in [2.24, 2.45) is 4.99 Å². The van der Waals surface area contributed by atoms with Gasteiger partial charge in [-0.2, -0.15) is 0 Å². The molecule has 1 N–H and O–H groups in total. The Morgan fingerprint density at radius 1 is 0.760 bits per heavy atom. The van der Waals surface area contributed by atoms with Gasteiger partial charge in [-0.05, 0) is 16.7 Å². The Labute approximate surface area is 147 Å². The summed E-state index contributed by atoms with van der Waals surface area (Å²) in [5.74, 6) is 0. The molecule has 0 saturated carbocycles. The van der Waals surface area contributed by atoms with Gasteiger partial charge < -0.3 is 9.84 Å². The summed E-state index contributed by atoms with van der Waals surface area (Å²) in [4.78, 5) is 4.52. The second kappa shape index (κ2) is 6.63. The van der Waals surface area contributed by atoms with E-state index in [9.17, 15) is 5.11 Å². The fourth-order valence-corrected chi connectivity index (χ4v) is 3.21. The van der Waals surface area contributed by atoms with Gasteiger partial charge in [0.2, 0.25) is 0 Å². The van der Waals surface area contributed by atoms with Gasteiger partial charge in [-0.3, -0.25) is 4.99 Å². The molecule has 3 aromatic carbocycles. The molecule has 3 nitrogen and oxygen atoms in total. The fraction of sp³-hybridized carbons (Fsp3) is 0.136. The van der Waals surface area contributed by atoms with Crippen molar-refractivity contribution < 1.29 is 9.84 Å². The standard InChI is InChI=1S/C22H19NO2/c24-20(17-10-4-1-5-11-17)21-23-16-22(25-21,18-12-6-2-7-13-18)19-14-8-3-9-15-19/h1-16,20-21,24H. The summed E-state index contributed by atoms with van der Waals surface area (Å²) in [7, 11) is 0. The molecule has 3 heteroatoms. The summed E-state index contributed by atoms with van der Waals surface area (Å²) in [6.45, 7) is 0. The number of benzene rings is 3. The van der Waals surface area contributed by atoms with Crippen LogP contribution in [0.5, 0.6) is 0 Å². The molecule has 124 valence electrons. The van der Waals surface area contributed by atoms with Gasteiger partial charge in [0.25, 0.3) is 0 Å². The van der Waals surface area contributed by atoms with Crippen molar-refractivity contribution in [3.05, 3.63) is 108 Å². The van der Waals surface area contributed by atoms with Gasteiger partial charge in [0.05, 0.1) is 0 Å². The molecule has 0 amide bonds. The zero-order valence-corrected chi connectivity index (χ0v) is 13.7. The molecule has 0 spiro atoms. The molecular formula is C22H19NO2. The first-order valence-electron chi connectivity index (χ1n) is 8.36. The van der Waals surface area contributed by atoms with Crippen molar-refractivity contribution in [3.63, 3.8) is 0 Å². The maximum absolute atomic E-state index is 10.7. The number of nitrogens with zero attached hydrogens (tertiary/aromatic N) is 1. The Morgan fingerprint density at radius 3 is 1.76 bits per heavy atom. The highest BCUT2D eigenvalue weighted by Gasteiger charge is 2.42. The monoisotopic (exact) mass is 329 g/mol. The maximum atomic E-state index is 10.7. The Hall–Kier alpha value is -2.75. The lowest BCUT2D eigenvalue weighted by Crippen LogP contribution is -2.33. The molecule has 1 aliphatic heterocycles. The maximum Gasteiger partial charge on any atom is 0.180 e. The van der Waals surface area contributed by atoms with E-state index >= 15 is 0 Å². The zero-order valence-electron chi connectivity index (χ0n) is 13.7. The minimum Gasteiger partial charge on any atom is -0.384 e. The van der Waals surface area contributed by atoms with E-state index in [2.05, 4.69) is 4.99 Å². The molecule has 0 bridgehead atoms.